The van der Waals surface area contributed by atoms with Gasteiger partial charge in [-0.1, -0.05) is 93.6 Å². The van der Waals surface area contributed by atoms with Gasteiger partial charge in [-0.15, -0.1) is 0 Å². The first-order chi connectivity index (χ1) is 18.3. The smallest absolute Gasteiger partial charge is 0.438 e. The van der Waals surface area contributed by atoms with E-state index in [1.54, 1.807) is 0 Å². The van der Waals surface area contributed by atoms with Gasteiger partial charge in [0.1, 0.15) is 5.60 Å². The predicted octanol–water partition coefficient (Wildman–Crippen LogP) is 7.02. The van der Waals surface area contributed by atoms with Crippen molar-refractivity contribution in [1.29, 1.82) is 0 Å². The van der Waals surface area contributed by atoms with Crippen molar-refractivity contribution < 1.29 is 27.5 Å². The second-order valence-corrected chi connectivity index (χ2v) is 11.4. The Morgan fingerprint density at radius 2 is 1.56 bits per heavy atom. The summed E-state index contributed by atoms with van der Waals surface area (Å²) in [5.74, 6) is -2.36. The van der Waals surface area contributed by atoms with Crippen LogP contribution in [0, 0.1) is 11.3 Å². The molecule has 3 atom stereocenters. The van der Waals surface area contributed by atoms with Crippen molar-refractivity contribution in [2.24, 2.45) is 11.3 Å². The number of hydrogen-bond donors (Lipinski definition) is 1. The van der Waals surface area contributed by atoms with E-state index < -0.39 is 29.2 Å². The van der Waals surface area contributed by atoms with Crippen molar-refractivity contribution in [3.05, 3.63) is 83.9 Å². The van der Waals surface area contributed by atoms with E-state index in [0.29, 0.717) is 6.42 Å². The van der Waals surface area contributed by atoms with Gasteiger partial charge in [-0.05, 0) is 35.6 Å². The van der Waals surface area contributed by atoms with Crippen LogP contribution in [0.15, 0.2) is 72.8 Å². The summed E-state index contributed by atoms with van der Waals surface area (Å²) >= 11 is 0. The zero-order chi connectivity index (χ0) is 28.4. The minimum atomic E-state index is -4.92. The summed E-state index contributed by atoms with van der Waals surface area (Å²) < 4.78 is 45.6. The number of rotatable bonds is 5. The molecule has 1 fully saturated rings. The third-order valence-corrected chi connectivity index (χ3v) is 8.05. The summed E-state index contributed by atoms with van der Waals surface area (Å²) in [6.07, 6.45) is -5.20. The largest absolute Gasteiger partial charge is 0.471 e. The summed E-state index contributed by atoms with van der Waals surface area (Å²) in [6, 6.07) is 23.0. The number of nitrogens with zero attached hydrogens (tertiary/aromatic N) is 1. The number of piperidine rings is 1. The maximum absolute atomic E-state index is 13.3. The number of ether oxygens (including phenoxy) is 1. The molecule has 2 amide bonds. The van der Waals surface area contributed by atoms with Gasteiger partial charge in [-0.2, -0.15) is 13.2 Å². The molecular formula is C31H35F3N2O3. The minimum absolute atomic E-state index is 0.0290. The highest BCUT2D eigenvalue weighted by molar-refractivity contribution is 5.87. The van der Waals surface area contributed by atoms with E-state index >= 15 is 0 Å². The Balaban J connectivity index is 1.53. The second-order valence-electron chi connectivity index (χ2n) is 11.4. The molecule has 5 nitrogen and oxygen atoms in total. The minimum Gasteiger partial charge on any atom is -0.438 e. The number of hydrogen-bond acceptors (Lipinski definition) is 3. The average Bonchev–Trinajstić information content (AvgIpc) is 2.90. The van der Waals surface area contributed by atoms with Crippen molar-refractivity contribution in [1.82, 2.24) is 10.2 Å². The fraction of sp³-hybridized carbons (Fsp3) is 0.419. The highest BCUT2D eigenvalue weighted by atomic mass is 19.4. The lowest BCUT2D eigenvalue weighted by atomic mass is 9.72. The summed E-state index contributed by atoms with van der Waals surface area (Å²) in [5.41, 5.74) is 0.292. The SMILES string of the molecule is CC(C)(C)[C@@](C)(OC(=O)NCC1CCN(C(=O)C(F)(F)F)CC1c1ccccc1)c1cccc2ccccc12. The Morgan fingerprint density at radius 1 is 0.923 bits per heavy atom. The molecule has 4 rings (SSSR count). The molecular weight excluding hydrogens is 505 g/mol. The summed E-state index contributed by atoms with van der Waals surface area (Å²) in [5, 5.41) is 4.92. The van der Waals surface area contributed by atoms with Gasteiger partial charge in [0.25, 0.3) is 0 Å². The Hall–Kier alpha value is -3.55. The number of benzene rings is 3. The first-order valence-corrected chi connectivity index (χ1v) is 13.2. The maximum Gasteiger partial charge on any atom is 0.471 e. The van der Waals surface area contributed by atoms with Crippen LogP contribution >= 0.6 is 0 Å². The molecule has 0 radical (unpaired) electrons. The maximum atomic E-state index is 13.3. The van der Waals surface area contributed by atoms with E-state index in [0.717, 1.165) is 26.8 Å². The van der Waals surface area contributed by atoms with Gasteiger partial charge >= 0.3 is 18.2 Å². The molecule has 39 heavy (non-hydrogen) atoms. The standard InChI is InChI=1S/C31H35F3N2O3/c1-29(2,3)30(4,26-16-10-14-21-13-8-9-15-24(21)26)39-28(38)35-19-23-17-18-36(27(37)31(32,33)34)20-25(23)22-11-6-5-7-12-22/h5-16,23,25H,17-20H2,1-4H3,(H,35,38)/t23?,25?,30-/m0/s1. The normalized spacial score (nSPS) is 19.8. The number of alkyl carbamates (subject to hydrolysis) is 1. The van der Waals surface area contributed by atoms with E-state index in [1.807, 2.05) is 100 Å². The number of carbonyl (C=O) groups is 2. The molecule has 1 N–H and O–H groups in total. The average molecular weight is 541 g/mol. The molecule has 0 spiro atoms. The highest BCUT2D eigenvalue weighted by Crippen LogP contribution is 2.45. The first kappa shape index (κ1) is 28.5. The lowest BCUT2D eigenvalue weighted by Crippen LogP contribution is -2.50. The van der Waals surface area contributed by atoms with Gasteiger partial charge in [0.15, 0.2) is 0 Å². The first-order valence-electron chi connectivity index (χ1n) is 13.2. The van der Waals surface area contributed by atoms with Crippen LogP contribution in [-0.4, -0.2) is 42.7 Å². The molecule has 1 aliphatic heterocycles. The topological polar surface area (TPSA) is 58.6 Å². The second kappa shape index (κ2) is 10.9. The third kappa shape index (κ3) is 6.05. The number of amides is 2. The number of alkyl halides is 3. The van der Waals surface area contributed by atoms with Crippen LogP contribution in [0.5, 0.6) is 0 Å². The van der Waals surface area contributed by atoms with Gasteiger partial charge in [0.05, 0.1) is 0 Å². The van der Waals surface area contributed by atoms with Crippen molar-refractivity contribution in [3.63, 3.8) is 0 Å². The fourth-order valence-corrected chi connectivity index (χ4v) is 5.38. The number of nitrogens with one attached hydrogen (secondary N) is 1. The van der Waals surface area contributed by atoms with Crippen molar-refractivity contribution >= 4 is 22.8 Å². The zero-order valence-corrected chi connectivity index (χ0v) is 22.7. The lowest BCUT2D eigenvalue weighted by molar-refractivity contribution is -0.187. The van der Waals surface area contributed by atoms with E-state index in [2.05, 4.69) is 5.32 Å². The summed E-state index contributed by atoms with van der Waals surface area (Å²) in [7, 11) is 0. The molecule has 1 saturated heterocycles. The van der Waals surface area contributed by atoms with Gasteiger partial charge in [-0.3, -0.25) is 4.79 Å². The van der Waals surface area contributed by atoms with E-state index in [4.69, 9.17) is 4.74 Å². The molecule has 1 heterocycles. The third-order valence-electron chi connectivity index (χ3n) is 8.05. The molecule has 0 aromatic heterocycles. The Labute approximate surface area is 227 Å². The monoisotopic (exact) mass is 540 g/mol. The van der Waals surface area contributed by atoms with Crippen LogP contribution in [0.4, 0.5) is 18.0 Å². The van der Waals surface area contributed by atoms with E-state index in [9.17, 15) is 22.8 Å². The van der Waals surface area contributed by atoms with Crippen LogP contribution in [0.3, 0.4) is 0 Å². The quantitative estimate of drug-likeness (QED) is 0.378. The zero-order valence-electron chi connectivity index (χ0n) is 22.7. The molecule has 3 aromatic carbocycles. The molecule has 8 heteroatoms. The van der Waals surface area contributed by atoms with Crippen LogP contribution in [0.2, 0.25) is 0 Å². The predicted molar refractivity (Wildman–Crippen MR) is 145 cm³/mol. The number of likely N-dealkylation sites (tertiary alicyclic amines) is 1. The van der Waals surface area contributed by atoms with Crippen molar-refractivity contribution in [2.75, 3.05) is 19.6 Å². The number of carbonyl (C=O) groups excluding carboxylic acids is 2. The van der Waals surface area contributed by atoms with Gasteiger partial charge in [0, 0.05) is 36.5 Å². The Morgan fingerprint density at radius 3 is 2.23 bits per heavy atom. The van der Waals surface area contributed by atoms with Gasteiger partial charge in [0.2, 0.25) is 0 Å². The number of fused-ring (bicyclic) bond motifs is 1. The van der Waals surface area contributed by atoms with Gasteiger partial charge < -0.3 is 15.0 Å². The fourth-order valence-electron chi connectivity index (χ4n) is 5.38. The van der Waals surface area contributed by atoms with Crippen LogP contribution in [-0.2, 0) is 15.1 Å². The molecule has 1 aliphatic rings. The highest BCUT2D eigenvalue weighted by Gasteiger charge is 2.46. The van der Waals surface area contributed by atoms with E-state index in [-0.39, 0.29) is 31.5 Å². The van der Waals surface area contributed by atoms with E-state index in [1.165, 1.54) is 0 Å². The summed E-state index contributed by atoms with van der Waals surface area (Å²) in [4.78, 5) is 26.1. The molecule has 208 valence electrons. The van der Waals surface area contributed by atoms with Crippen molar-refractivity contribution in [2.45, 2.75) is 51.8 Å². The molecule has 0 bridgehead atoms. The summed E-state index contributed by atoms with van der Waals surface area (Å²) in [6.45, 7) is 8.06. The van der Waals surface area contributed by atoms with Crippen LogP contribution in [0.1, 0.15) is 51.2 Å². The lowest BCUT2D eigenvalue weighted by Gasteiger charge is -2.42. The van der Waals surface area contributed by atoms with Crippen LogP contribution in [0.25, 0.3) is 10.8 Å². The Kier molecular flexibility index (Phi) is 7.96. The molecule has 2 unspecified atom stereocenters. The van der Waals surface area contributed by atoms with Crippen molar-refractivity contribution in [3.8, 4) is 0 Å². The molecule has 0 aliphatic carbocycles. The Bertz CT molecular complexity index is 1310. The van der Waals surface area contributed by atoms with Crippen LogP contribution < -0.4 is 5.32 Å². The number of halogens is 3. The van der Waals surface area contributed by atoms with Gasteiger partial charge in [-0.25, -0.2) is 4.79 Å². The molecule has 0 saturated carbocycles. The molecule has 3 aromatic rings.